The van der Waals surface area contributed by atoms with Crippen LogP contribution in [-0.2, 0) is 9.59 Å². The van der Waals surface area contributed by atoms with Crippen molar-refractivity contribution in [2.24, 2.45) is 11.8 Å². The highest BCUT2D eigenvalue weighted by Crippen LogP contribution is 2.39. The summed E-state index contributed by atoms with van der Waals surface area (Å²) in [6, 6.07) is 0. The van der Waals surface area contributed by atoms with Gasteiger partial charge in [0.15, 0.2) is 0 Å². The lowest BCUT2D eigenvalue weighted by Crippen LogP contribution is -2.33. The van der Waals surface area contributed by atoms with Crippen LogP contribution in [0, 0.1) is 11.8 Å². The number of hydrogen-bond acceptors (Lipinski definition) is 2. The van der Waals surface area contributed by atoms with E-state index in [2.05, 4.69) is 12.2 Å². The summed E-state index contributed by atoms with van der Waals surface area (Å²) in [5.74, 6) is -3.48. The van der Waals surface area contributed by atoms with E-state index < -0.39 is 23.8 Å². The van der Waals surface area contributed by atoms with Crippen LogP contribution >= 0.6 is 0 Å². The maximum Gasteiger partial charge on any atom is 0.307 e. The molecule has 2 aliphatic rings. The predicted molar refractivity (Wildman–Crippen MR) is 66.1 cm³/mol. The zero-order valence-corrected chi connectivity index (χ0v) is 10.3. The second-order valence-electron chi connectivity index (χ2n) is 5.05. The van der Waals surface area contributed by atoms with Gasteiger partial charge >= 0.3 is 11.9 Å². The molecule has 18 heavy (non-hydrogen) atoms. The highest BCUT2D eigenvalue weighted by Gasteiger charge is 2.38. The van der Waals surface area contributed by atoms with Crippen molar-refractivity contribution in [1.82, 2.24) is 0 Å². The first-order valence-corrected chi connectivity index (χ1v) is 6.40. The van der Waals surface area contributed by atoms with Crippen LogP contribution < -0.4 is 0 Å². The molecular formula is C14H18O4. The lowest BCUT2D eigenvalue weighted by Gasteiger charge is -2.30. The molecule has 0 saturated carbocycles. The minimum Gasteiger partial charge on any atom is -0.481 e. The molecule has 2 atom stereocenters. The van der Waals surface area contributed by atoms with Crippen molar-refractivity contribution in [3.63, 3.8) is 0 Å². The van der Waals surface area contributed by atoms with Crippen LogP contribution in [0.25, 0.3) is 0 Å². The Kier molecular flexibility index (Phi) is 3.84. The van der Waals surface area contributed by atoms with Crippen LogP contribution in [0.1, 0.15) is 38.5 Å². The molecule has 0 aliphatic heterocycles. The quantitative estimate of drug-likeness (QED) is 0.739. The van der Waals surface area contributed by atoms with Gasteiger partial charge in [-0.05, 0) is 38.5 Å². The summed E-state index contributed by atoms with van der Waals surface area (Å²) in [4.78, 5) is 22.4. The van der Waals surface area contributed by atoms with Crippen LogP contribution in [0.5, 0.6) is 0 Å². The van der Waals surface area contributed by atoms with Gasteiger partial charge in [-0.1, -0.05) is 23.3 Å². The lowest BCUT2D eigenvalue weighted by molar-refractivity contribution is -0.154. The van der Waals surface area contributed by atoms with Gasteiger partial charge in [-0.25, -0.2) is 0 Å². The van der Waals surface area contributed by atoms with Crippen LogP contribution in [-0.4, -0.2) is 22.2 Å². The first-order chi connectivity index (χ1) is 8.59. The molecule has 0 aromatic rings. The third kappa shape index (κ3) is 2.63. The number of carboxylic acid groups (broad SMARTS) is 2. The minimum atomic E-state index is -0.980. The summed E-state index contributed by atoms with van der Waals surface area (Å²) in [7, 11) is 0. The van der Waals surface area contributed by atoms with Gasteiger partial charge < -0.3 is 10.2 Å². The van der Waals surface area contributed by atoms with Crippen molar-refractivity contribution in [3.8, 4) is 0 Å². The molecule has 0 aromatic carbocycles. The molecule has 2 aliphatic carbocycles. The fraction of sp³-hybridized carbons (Fsp3) is 0.571. The fourth-order valence-corrected chi connectivity index (χ4v) is 2.93. The second-order valence-corrected chi connectivity index (χ2v) is 5.05. The van der Waals surface area contributed by atoms with Crippen molar-refractivity contribution in [2.45, 2.75) is 38.5 Å². The number of carboxylic acids is 2. The van der Waals surface area contributed by atoms with Gasteiger partial charge in [0.2, 0.25) is 0 Å². The molecule has 0 radical (unpaired) electrons. The maximum atomic E-state index is 11.2. The Morgan fingerprint density at radius 2 is 1.28 bits per heavy atom. The van der Waals surface area contributed by atoms with Crippen LogP contribution in [0.15, 0.2) is 23.3 Å². The molecule has 0 aromatic heterocycles. The Bertz CT molecular complexity index is 382. The average molecular weight is 250 g/mol. The Morgan fingerprint density at radius 1 is 0.889 bits per heavy atom. The standard InChI is InChI=1S/C14H18O4/c15-13(16)11-7-9-5-3-1-2-4-6-10(9)8-12(11)14(17)18/h1-2,11-12H,3-8H2,(H,15,16)(H,17,18)/b2-1-. The normalized spacial score (nSPS) is 30.0. The predicted octanol–water partition coefficient (Wildman–Crippen LogP) is 2.61. The third-order valence-corrected chi connectivity index (χ3v) is 3.94. The van der Waals surface area contributed by atoms with Gasteiger partial charge in [0.1, 0.15) is 0 Å². The smallest absolute Gasteiger partial charge is 0.307 e. The maximum absolute atomic E-state index is 11.2. The van der Waals surface area contributed by atoms with Crippen molar-refractivity contribution < 1.29 is 19.8 Å². The van der Waals surface area contributed by atoms with Crippen molar-refractivity contribution in [1.29, 1.82) is 0 Å². The average Bonchev–Trinajstić information content (AvgIpc) is 2.28. The third-order valence-electron chi connectivity index (χ3n) is 3.94. The summed E-state index contributed by atoms with van der Waals surface area (Å²) < 4.78 is 0. The molecule has 0 heterocycles. The Balaban J connectivity index is 2.24. The van der Waals surface area contributed by atoms with Crippen LogP contribution in [0.3, 0.4) is 0 Å². The minimum absolute atomic E-state index is 0.412. The van der Waals surface area contributed by atoms with E-state index in [1.54, 1.807) is 0 Å². The van der Waals surface area contributed by atoms with Gasteiger partial charge in [0, 0.05) is 0 Å². The number of carbonyl (C=O) groups is 2. The lowest BCUT2D eigenvalue weighted by atomic mass is 9.73. The molecule has 4 heteroatoms. The largest absolute Gasteiger partial charge is 0.481 e. The van der Waals surface area contributed by atoms with E-state index in [0.29, 0.717) is 12.8 Å². The second kappa shape index (κ2) is 5.38. The van der Waals surface area contributed by atoms with E-state index in [1.165, 1.54) is 11.1 Å². The molecule has 2 N–H and O–H groups in total. The van der Waals surface area contributed by atoms with Crippen LogP contribution in [0.2, 0.25) is 0 Å². The zero-order chi connectivity index (χ0) is 13.1. The SMILES string of the molecule is O=C(O)C1CC2=C(CC/C=C\CC2)CC1C(=O)O. The molecular weight excluding hydrogens is 232 g/mol. The summed E-state index contributed by atoms with van der Waals surface area (Å²) in [6.45, 7) is 0. The molecule has 0 amide bonds. The van der Waals surface area contributed by atoms with Gasteiger partial charge in [-0.3, -0.25) is 9.59 Å². The van der Waals surface area contributed by atoms with Gasteiger partial charge in [-0.15, -0.1) is 0 Å². The van der Waals surface area contributed by atoms with Crippen molar-refractivity contribution in [2.75, 3.05) is 0 Å². The van der Waals surface area contributed by atoms with E-state index in [0.717, 1.165) is 25.7 Å². The number of allylic oxidation sites excluding steroid dienone is 4. The van der Waals surface area contributed by atoms with E-state index in [-0.39, 0.29) is 0 Å². The molecule has 2 unspecified atom stereocenters. The molecule has 0 spiro atoms. The summed E-state index contributed by atoms with van der Waals surface area (Å²) in [5, 5.41) is 18.3. The zero-order valence-electron chi connectivity index (χ0n) is 10.3. The van der Waals surface area contributed by atoms with Crippen molar-refractivity contribution >= 4 is 11.9 Å². The number of hydrogen-bond donors (Lipinski definition) is 2. The fourth-order valence-electron chi connectivity index (χ4n) is 2.93. The van der Waals surface area contributed by atoms with E-state index in [1.807, 2.05) is 0 Å². The highest BCUT2D eigenvalue weighted by atomic mass is 16.4. The Labute approximate surface area is 106 Å². The Morgan fingerprint density at radius 3 is 1.61 bits per heavy atom. The first-order valence-electron chi connectivity index (χ1n) is 6.40. The topological polar surface area (TPSA) is 74.6 Å². The van der Waals surface area contributed by atoms with Crippen molar-refractivity contribution in [3.05, 3.63) is 23.3 Å². The summed E-state index contributed by atoms with van der Waals surface area (Å²) >= 11 is 0. The number of aliphatic carboxylic acids is 2. The van der Waals surface area contributed by atoms with Gasteiger partial charge in [0.05, 0.1) is 11.8 Å². The molecule has 98 valence electrons. The summed E-state index contributed by atoms with van der Waals surface area (Å²) in [6.07, 6.45) is 8.70. The Hall–Kier alpha value is -1.58. The molecule has 0 fully saturated rings. The molecule has 2 rings (SSSR count). The van der Waals surface area contributed by atoms with E-state index in [4.69, 9.17) is 0 Å². The number of rotatable bonds is 2. The molecule has 0 bridgehead atoms. The van der Waals surface area contributed by atoms with Gasteiger partial charge in [-0.2, -0.15) is 0 Å². The van der Waals surface area contributed by atoms with E-state index in [9.17, 15) is 19.8 Å². The summed E-state index contributed by atoms with van der Waals surface area (Å²) in [5.41, 5.74) is 2.37. The first kappa shape index (κ1) is 12.9. The monoisotopic (exact) mass is 250 g/mol. The van der Waals surface area contributed by atoms with Gasteiger partial charge in [0.25, 0.3) is 0 Å². The molecule has 0 saturated heterocycles. The molecule has 4 nitrogen and oxygen atoms in total. The van der Waals surface area contributed by atoms with E-state index >= 15 is 0 Å². The highest BCUT2D eigenvalue weighted by molar-refractivity contribution is 5.81. The van der Waals surface area contributed by atoms with Crippen LogP contribution in [0.4, 0.5) is 0 Å².